The Labute approximate surface area is 131 Å². The Morgan fingerprint density at radius 1 is 1.36 bits per heavy atom. The Balaban J connectivity index is 1.92. The number of amides is 1. The van der Waals surface area contributed by atoms with Gasteiger partial charge in [0.2, 0.25) is 0 Å². The van der Waals surface area contributed by atoms with Crippen molar-refractivity contribution in [3.63, 3.8) is 0 Å². The summed E-state index contributed by atoms with van der Waals surface area (Å²) < 4.78 is 14.4. The van der Waals surface area contributed by atoms with Gasteiger partial charge in [0.05, 0.1) is 11.6 Å². The van der Waals surface area contributed by atoms with Gasteiger partial charge < -0.3 is 5.32 Å². The number of benzene rings is 1. The van der Waals surface area contributed by atoms with E-state index in [1.807, 2.05) is 26.0 Å². The van der Waals surface area contributed by atoms with Crippen molar-refractivity contribution in [3.05, 3.63) is 64.5 Å². The van der Waals surface area contributed by atoms with E-state index in [0.29, 0.717) is 10.9 Å². The summed E-state index contributed by atoms with van der Waals surface area (Å²) in [6.45, 7) is 3.78. The number of fused-ring (bicyclic) bond motifs is 1. The number of carbonyl (C=O) groups excluding carboxylic acids is 1. The zero-order chi connectivity index (χ0) is 15.7. The van der Waals surface area contributed by atoms with Gasteiger partial charge >= 0.3 is 0 Å². The normalized spacial score (nSPS) is 12.3. The van der Waals surface area contributed by atoms with Crippen LogP contribution in [0.25, 0.3) is 10.1 Å². The molecule has 1 atom stereocenters. The lowest BCUT2D eigenvalue weighted by molar-refractivity contribution is 0.0941. The smallest absolute Gasteiger partial charge is 0.253 e. The van der Waals surface area contributed by atoms with Crippen LogP contribution in [0.15, 0.2) is 42.7 Å². The Morgan fingerprint density at radius 3 is 2.91 bits per heavy atom. The largest absolute Gasteiger partial charge is 0.345 e. The van der Waals surface area contributed by atoms with Gasteiger partial charge in [-0.3, -0.25) is 9.78 Å². The molecule has 5 heteroatoms. The summed E-state index contributed by atoms with van der Waals surface area (Å²) in [4.78, 5) is 17.5. The minimum absolute atomic E-state index is 0.163. The number of aromatic nitrogens is 1. The van der Waals surface area contributed by atoms with Gasteiger partial charge in [0.15, 0.2) is 0 Å². The van der Waals surface area contributed by atoms with E-state index in [9.17, 15) is 9.18 Å². The van der Waals surface area contributed by atoms with Gasteiger partial charge in [-0.25, -0.2) is 4.39 Å². The molecule has 0 aliphatic rings. The third-order valence-corrected chi connectivity index (χ3v) is 4.67. The standard InChI is InChI=1S/C17H15FN2OS/c1-10(12-4-3-7-19-9-12)20-17(21)16-11(2)22-15-6-5-13(18)8-14(15)16/h3-10H,1-2H3,(H,20,21)/t10-/m1/s1. The monoisotopic (exact) mass is 314 g/mol. The van der Waals surface area contributed by atoms with Crippen LogP contribution < -0.4 is 5.32 Å². The van der Waals surface area contributed by atoms with Gasteiger partial charge in [0.1, 0.15) is 5.82 Å². The maximum Gasteiger partial charge on any atom is 0.253 e. The number of carbonyl (C=O) groups is 1. The number of nitrogens with one attached hydrogen (secondary N) is 1. The number of rotatable bonds is 3. The Kier molecular flexibility index (Phi) is 3.90. The van der Waals surface area contributed by atoms with Gasteiger partial charge in [-0.1, -0.05) is 6.07 Å². The zero-order valence-electron chi connectivity index (χ0n) is 12.3. The van der Waals surface area contributed by atoms with E-state index in [2.05, 4.69) is 10.3 Å². The van der Waals surface area contributed by atoms with Crippen LogP contribution in [0.3, 0.4) is 0 Å². The second-order valence-electron chi connectivity index (χ2n) is 5.16. The molecule has 0 fully saturated rings. The van der Waals surface area contributed by atoms with E-state index >= 15 is 0 Å². The summed E-state index contributed by atoms with van der Waals surface area (Å²) in [5, 5.41) is 3.62. The lowest BCUT2D eigenvalue weighted by atomic mass is 10.1. The van der Waals surface area contributed by atoms with Crippen molar-refractivity contribution in [2.24, 2.45) is 0 Å². The molecule has 0 bridgehead atoms. The van der Waals surface area contributed by atoms with Gasteiger partial charge in [-0.15, -0.1) is 11.3 Å². The number of thiophene rings is 1. The van der Waals surface area contributed by atoms with Gasteiger partial charge in [0.25, 0.3) is 5.91 Å². The second kappa shape index (κ2) is 5.85. The molecule has 3 aromatic rings. The van der Waals surface area contributed by atoms with Crippen molar-refractivity contribution in [1.82, 2.24) is 10.3 Å². The SMILES string of the molecule is Cc1sc2ccc(F)cc2c1C(=O)N[C@H](C)c1cccnc1. The highest BCUT2D eigenvalue weighted by Gasteiger charge is 2.19. The average molecular weight is 314 g/mol. The summed E-state index contributed by atoms with van der Waals surface area (Å²) in [6, 6.07) is 8.13. The fourth-order valence-corrected chi connectivity index (χ4v) is 3.50. The fraction of sp³-hybridized carbons (Fsp3) is 0.176. The van der Waals surface area contributed by atoms with E-state index in [4.69, 9.17) is 0 Å². The highest BCUT2D eigenvalue weighted by atomic mass is 32.1. The summed E-state index contributed by atoms with van der Waals surface area (Å²) in [5.41, 5.74) is 1.48. The summed E-state index contributed by atoms with van der Waals surface area (Å²) in [7, 11) is 0. The van der Waals surface area contributed by atoms with E-state index < -0.39 is 0 Å². The predicted molar refractivity (Wildman–Crippen MR) is 86.6 cm³/mol. The van der Waals surface area contributed by atoms with Crippen LogP contribution in [0.4, 0.5) is 4.39 Å². The van der Waals surface area contributed by atoms with Crippen LogP contribution in [-0.4, -0.2) is 10.9 Å². The molecule has 2 heterocycles. The first-order chi connectivity index (χ1) is 10.6. The third-order valence-electron chi connectivity index (χ3n) is 3.59. The number of halogens is 1. The minimum Gasteiger partial charge on any atom is -0.345 e. The molecular formula is C17H15FN2OS. The van der Waals surface area contributed by atoms with Gasteiger partial charge in [0, 0.05) is 27.4 Å². The zero-order valence-corrected chi connectivity index (χ0v) is 13.1. The highest BCUT2D eigenvalue weighted by Crippen LogP contribution is 2.31. The van der Waals surface area contributed by atoms with Crippen LogP contribution in [0.1, 0.15) is 33.8 Å². The first-order valence-corrected chi connectivity index (χ1v) is 7.77. The molecule has 0 aliphatic carbocycles. The van der Waals surface area contributed by atoms with Crippen LogP contribution in [-0.2, 0) is 0 Å². The first-order valence-electron chi connectivity index (χ1n) is 6.95. The number of pyridine rings is 1. The number of nitrogens with zero attached hydrogens (tertiary/aromatic N) is 1. The van der Waals surface area contributed by atoms with E-state index in [-0.39, 0.29) is 17.8 Å². The van der Waals surface area contributed by atoms with Crippen LogP contribution in [0.5, 0.6) is 0 Å². The number of aryl methyl sites for hydroxylation is 1. The molecule has 0 unspecified atom stereocenters. The lowest BCUT2D eigenvalue weighted by Gasteiger charge is -2.14. The van der Waals surface area contributed by atoms with E-state index in [0.717, 1.165) is 15.1 Å². The van der Waals surface area contributed by atoms with Crippen molar-refractivity contribution >= 4 is 27.3 Å². The number of hydrogen-bond donors (Lipinski definition) is 1. The molecule has 1 aromatic carbocycles. The molecule has 1 amide bonds. The highest BCUT2D eigenvalue weighted by molar-refractivity contribution is 7.19. The quantitative estimate of drug-likeness (QED) is 0.786. The Morgan fingerprint density at radius 2 is 2.18 bits per heavy atom. The van der Waals surface area contributed by atoms with Crippen LogP contribution in [0, 0.1) is 12.7 Å². The summed E-state index contributed by atoms with van der Waals surface area (Å²) in [5.74, 6) is -0.523. The molecule has 112 valence electrons. The molecule has 0 saturated heterocycles. The molecule has 0 radical (unpaired) electrons. The van der Waals surface area contributed by atoms with Crippen molar-refractivity contribution in [2.75, 3.05) is 0 Å². The van der Waals surface area contributed by atoms with E-state index in [1.165, 1.54) is 23.5 Å². The topological polar surface area (TPSA) is 42.0 Å². The summed E-state index contributed by atoms with van der Waals surface area (Å²) in [6.07, 6.45) is 3.42. The minimum atomic E-state index is -0.334. The van der Waals surface area contributed by atoms with Gasteiger partial charge in [-0.05, 0) is 43.7 Å². The fourth-order valence-electron chi connectivity index (χ4n) is 2.46. The molecule has 0 aliphatic heterocycles. The van der Waals surface area contributed by atoms with Crippen molar-refractivity contribution < 1.29 is 9.18 Å². The number of hydrogen-bond acceptors (Lipinski definition) is 3. The molecular weight excluding hydrogens is 299 g/mol. The van der Waals surface area contributed by atoms with Crippen LogP contribution in [0.2, 0.25) is 0 Å². The Bertz CT molecular complexity index is 829. The van der Waals surface area contributed by atoms with Crippen LogP contribution >= 0.6 is 11.3 Å². The molecule has 0 saturated carbocycles. The molecule has 2 aromatic heterocycles. The maximum absolute atomic E-state index is 13.5. The molecule has 3 nitrogen and oxygen atoms in total. The maximum atomic E-state index is 13.5. The van der Waals surface area contributed by atoms with Crippen molar-refractivity contribution in [2.45, 2.75) is 19.9 Å². The lowest BCUT2D eigenvalue weighted by Crippen LogP contribution is -2.27. The molecule has 0 spiro atoms. The molecule has 22 heavy (non-hydrogen) atoms. The first kappa shape index (κ1) is 14.7. The predicted octanol–water partition coefficient (Wildman–Crippen LogP) is 4.23. The molecule has 3 rings (SSSR count). The van der Waals surface area contributed by atoms with Crippen molar-refractivity contribution in [1.29, 1.82) is 0 Å². The molecule has 1 N–H and O–H groups in total. The van der Waals surface area contributed by atoms with E-state index in [1.54, 1.807) is 18.5 Å². The summed E-state index contributed by atoms with van der Waals surface area (Å²) >= 11 is 1.50. The van der Waals surface area contributed by atoms with Crippen molar-refractivity contribution in [3.8, 4) is 0 Å². The average Bonchev–Trinajstić information content (AvgIpc) is 2.83. The second-order valence-corrected chi connectivity index (χ2v) is 6.41. The van der Waals surface area contributed by atoms with Gasteiger partial charge in [-0.2, -0.15) is 0 Å². The Hall–Kier alpha value is -2.27. The third kappa shape index (κ3) is 2.72.